The van der Waals surface area contributed by atoms with Gasteiger partial charge in [0, 0.05) is 17.7 Å². The van der Waals surface area contributed by atoms with Crippen LogP contribution in [0.4, 0.5) is 4.39 Å². The number of carbonyl (C=O) groups excluding carboxylic acids is 3. The first-order valence-corrected chi connectivity index (χ1v) is 15.6. The molecule has 2 aliphatic heterocycles. The Morgan fingerprint density at radius 2 is 1.61 bits per heavy atom. The predicted octanol–water partition coefficient (Wildman–Crippen LogP) is 6.48. The molecule has 222 valence electrons. The molecule has 0 aromatic heterocycles. The third-order valence-electron chi connectivity index (χ3n) is 7.71. The highest BCUT2D eigenvalue weighted by molar-refractivity contribution is 8.14. The van der Waals surface area contributed by atoms with Crippen molar-refractivity contribution in [2.45, 2.75) is 29.9 Å². The molecule has 1 N–H and O–H groups in total. The van der Waals surface area contributed by atoms with Crippen LogP contribution in [-0.4, -0.2) is 45.9 Å². The summed E-state index contributed by atoms with van der Waals surface area (Å²) in [6.45, 7) is 0.616. The molecule has 0 saturated carbocycles. The molecule has 1 unspecified atom stereocenters. The number of carbonyl (C=O) groups is 3. The van der Waals surface area contributed by atoms with E-state index in [1.54, 1.807) is 35.2 Å². The third kappa shape index (κ3) is 6.50. The number of ether oxygens (including phenoxy) is 1. The van der Waals surface area contributed by atoms with Gasteiger partial charge in [-0.15, -0.1) is 12.6 Å². The van der Waals surface area contributed by atoms with Crippen molar-refractivity contribution in [2.24, 2.45) is 0 Å². The highest BCUT2D eigenvalue weighted by Crippen LogP contribution is 2.34. The van der Waals surface area contributed by atoms with Gasteiger partial charge in [-0.25, -0.2) is 4.39 Å². The summed E-state index contributed by atoms with van der Waals surface area (Å²) >= 11 is 5.65. The predicted molar refractivity (Wildman–Crippen MR) is 173 cm³/mol. The Bertz CT molecular complexity index is 1730. The molecular formula is C35H29FN2O4S2. The van der Waals surface area contributed by atoms with Gasteiger partial charge in [0.15, 0.2) is 5.78 Å². The second-order valence-electron chi connectivity index (χ2n) is 10.6. The number of likely N-dealkylation sites (tertiary alicyclic amines) is 1. The van der Waals surface area contributed by atoms with Crippen LogP contribution in [0.1, 0.15) is 38.3 Å². The van der Waals surface area contributed by atoms with Crippen molar-refractivity contribution in [1.29, 1.82) is 0 Å². The summed E-state index contributed by atoms with van der Waals surface area (Å²) in [5.74, 6) is -1.42. The van der Waals surface area contributed by atoms with E-state index in [1.165, 1.54) is 36.0 Å². The van der Waals surface area contributed by atoms with Gasteiger partial charge in [-0.1, -0.05) is 84.6 Å². The summed E-state index contributed by atoms with van der Waals surface area (Å²) in [5.41, 5.74) is 3.92. The molecule has 6 nitrogen and oxygen atoms in total. The van der Waals surface area contributed by atoms with E-state index in [-0.39, 0.29) is 51.6 Å². The van der Waals surface area contributed by atoms with Crippen molar-refractivity contribution in [3.05, 3.63) is 142 Å². The highest BCUT2D eigenvalue weighted by atomic mass is 32.2. The Labute approximate surface area is 264 Å². The summed E-state index contributed by atoms with van der Waals surface area (Å²) < 4.78 is 19.6. The van der Waals surface area contributed by atoms with Gasteiger partial charge in [-0.2, -0.15) is 0 Å². The first kappa shape index (κ1) is 29.9. The van der Waals surface area contributed by atoms with Gasteiger partial charge in [0.25, 0.3) is 11.8 Å². The zero-order valence-corrected chi connectivity index (χ0v) is 25.3. The molecule has 0 aliphatic carbocycles. The van der Waals surface area contributed by atoms with E-state index < -0.39 is 11.9 Å². The quantitative estimate of drug-likeness (QED) is 0.133. The molecule has 6 rings (SSSR count). The number of nitrogens with zero attached hydrogens (tertiary/aromatic N) is 1. The van der Waals surface area contributed by atoms with E-state index in [1.807, 2.05) is 36.4 Å². The van der Waals surface area contributed by atoms with Crippen LogP contribution in [0.25, 0.3) is 11.1 Å². The van der Waals surface area contributed by atoms with Gasteiger partial charge in [0.2, 0.25) is 0 Å². The zero-order chi connectivity index (χ0) is 30.6. The van der Waals surface area contributed by atoms with Gasteiger partial charge < -0.3 is 15.0 Å². The van der Waals surface area contributed by atoms with Gasteiger partial charge in [-0.3, -0.25) is 14.4 Å². The Morgan fingerprint density at radius 1 is 0.932 bits per heavy atom. The Balaban J connectivity index is 1.27. The van der Waals surface area contributed by atoms with Crippen molar-refractivity contribution >= 4 is 42.0 Å². The number of halogens is 1. The molecule has 2 heterocycles. The van der Waals surface area contributed by atoms with Crippen LogP contribution in [0.3, 0.4) is 0 Å². The number of benzene rings is 4. The van der Waals surface area contributed by atoms with E-state index >= 15 is 0 Å². The van der Waals surface area contributed by atoms with Gasteiger partial charge >= 0.3 is 0 Å². The van der Waals surface area contributed by atoms with Crippen molar-refractivity contribution in [2.75, 3.05) is 6.54 Å². The maximum absolute atomic E-state index is 14.2. The van der Waals surface area contributed by atoms with Crippen molar-refractivity contribution < 1.29 is 23.5 Å². The molecule has 4 aromatic carbocycles. The van der Waals surface area contributed by atoms with Gasteiger partial charge in [-0.05, 0) is 59.5 Å². The monoisotopic (exact) mass is 624 g/mol. The number of ketones is 1. The molecule has 3 atom stereocenters. The fraction of sp³-hybridized carbons (Fsp3) is 0.171. The van der Waals surface area contributed by atoms with Crippen LogP contribution in [0.5, 0.6) is 0 Å². The number of thioether (sulfide) groups is 1. The zero-order valence-electron chi connectivity index (χ0n) is 23.6. The summed E-state index contributed by atoms with van der Waals surface area (Å²) in [6, 6.07) is 29.6. The number of thiol groups is 1. The third-order valence-corrected chi connectivity index (χ3v) is 9.07. The van der Waals surface area contributed by atoms with E-state index in [9.17, 15) is 18.8 Å². The number of rotatable bonds is 8. The lowest BCUT2D eigenvalue weighted by atomic mass is 9.97. The average Bonchev–Trinajstić information content (AvgIpc) is 3.61. The largest absolute Gasteiger partial charge is 0.372 e. The molecule has 9 heteroatoms. The molecule has 44 heavy (non-hydrogen) atoms. The van der Waals surface area contributed by atoms with Crippen LogP contribution in [0.15, 0.2) is 114 Å². The fourth-order valence-corrected chi connectivity index (χ4v) is 6.81. The van der Waals surface area contributed by atoms with E-state index in [0.29, 0.717) is 17.9 Å². The summed E-state index contributed by atoms with van der Waals surface area (Å²) in [6.07, 6.45) is 1.95. The molecule has 2 aliphatic rings. The van der Waals surface area contributed by atoms with Crippen LogP contribution in [0.2, 0.25) is 0 Å². The second-order valence-corrected chi connectivity index (χ2v) is 12.6. The smallest absolute Gasteiger partial charge is 0.259 e. The fourth-order valence-electron chi connectivity index (χ4n) is 5.55. The molecule has 0 radical (unpaired) electrons. The first-order valence-electron chi connectivity index (χ1n) is 14.2. The van der Waals surface area contributed by atoms with Gasteiger partial charge in [0.1, 0.15) is 10.5 Å². The van der Waals surface area contributed by atoms with Crippen molar-refractivity contribution in [3.8, 4) is 11.1 Å². The summed E-state index contributed by atoms with van der Waals surface area (Å²) in [7, 11) is 0. The molecule has 0 bridgehead atoms. The number of amides is 2. The number of hydrogen-bond donors (Lipinski definition) is 2. The summed E-state index contributed by atoms with van der Waals surface area (Å²) in [4.78, 5) is 42.3. The Hall–Kier alpha value is -4.18. The van der Waals surface area contributed by atoms with Crippen LogP contribution < -0.4 is 5.32 Å². The molecule has 2 amide bonds. The standard InChI is InChI=1S/C35H29FN2O4S2/c36-25-16-14-23(15-17-25)32(39)29-12-6-7-13-30(29)34(41)38-20-27(18-26(38)19-31-33(40)37-35(43)44-31)42-21-24-10-4-5-11-28(24)22-8-2-1-3-9-22/h1-17,19,26-27,35,43H,18,20-21H2,(H,37,40)/b31-19-/t26-,27+,35?/m0/s1. The van der Waals surface area contributed by atoms with Gasteiger partial charge in [0.05, 0.1) is 29.2 Å². The number of hydrogen-bond acceptors (Lipinski definition) is 6. The lowest BCUT2D eigenvalue weighted by Gasteiger charge is -2.23. The molecule has 2 fully saturated rings. The normalized spacial score (nSPS) is 20.6. The molecule has 2 saturated heterocycles. The molecule has 0 spiro atoms. The highest BCUT2D eigenvalue weighted by Gasteiger charge is 2.38. The number of nitrogens with one attached hydrogen (secondary N) is 1. The maximum Gasteiger partial charge on any atom is 0.259 e. The van der Waals surface area contributed by atoms with Crippen LogP contribution in [0, 0.1) is 5.82 Å². The topological polar surface area (TPSA) is 75.7 Å². The summed E-state index contributed by atoms with van der Waals surface area (Å²) in [5, 5.41) is 2.76. The van der Waals surface area contributed by atoms with Crippen LogP contribution in [-0.2, 0) is 16.1 Å². The van der Waals surface area contributed by atoms with Crippen LogP contribution >= 0.6 is 24.4 Å². The SMILES string of the molecule is O=C1NC(S)S/C1=C\[C@@H]1C[C@@H](OCc2ccccc2-c2ccccc2)CN1C(=O)c1ccccc1C(=O)c1ccc(F)cc1. The van der Waals surface area contributed by atoms with E-state index in [2.05, 4.69) is 36.1 Å². The first-order chi connectivity index (χ1) is 21.4. The van der Waals surface area contributed by atoms with E-state index in [0.717, 1.165) is 16.7 Å². The minimum Gasteiger partial charge on any atom is -0.372 e. The lowest BCUT2D eigenvalue weighted by Crippen LogP contribution is -2.36. The minimum absolute atomic E-state index is 0.222. The van der Waals surface area contributed by atoms with E-state index in [4.69, 9.17) is 4.74 Å². The average molecular weight is 625 g/mol. The minimum atomic E-state index is -0.450. The molecule has 4 aromatic rings. The Morgan fingerprint density at radius 3 is 2.34 bits per heavy atom. The van der Waals surface area contributed by atoms with Crippen molar-refractivity contribution in [3.63, 3.8) is 0 Å². The second kappa shape index (κ2) is 13.2. The maximum atomic E-state index is 14.2. The molecular weight excluding hydrogens is 596 g/mol. The lowest BCUT2D eigenvalue weighted by molar-refractivity contribution is -0.116. The Kier molecular flexibility index (Phi) is 8.97. The van der Waals surface area contributed by atoms with Crippen molar-refractivity contribution in [1.82, 2.24) is 10.2 Å².